The summed E-state index contributed by atoms with van der Waals surface area (Å²) in [4.78, 5) is 22.1. The number of benzene rings is 3. The summed E-state index contributed by atoms with van der Waals surface area (Å²) < 4.78 is 0. The SMILES string of the molecule is O=C(Cc1cccc2ccccc12)N/N=C\c1cccc([N+](=O)[O-])c1[O-]. The number of nitro benzene ring substituents is 1. The fourth-order valence-electron chi connectivity index (χ4n) is 2.62. The number of hydrogen-bond donors (Lipinski definition) is 1. The highest BCUT2D eigenvalue weighted by atomic mass is 16.6. The van der Waals surface area contributed by atoms with Gasteiger partial charge >= 0.3 is 0 Å². The minimum Gasteiger partial charge on any atom is -0.867 e. The summed E-state index contributed by atoms with van der Waals surface area (Å²) in [6.45, 7) is 0. The van der Waals surface area contributed by atoms with Gasteiger partial charge < -0.3 is 5.11 Å². The predicted molar refractivity (Wildman–Crippen MR) is 95.9 cm³/mol. The molecule has 1 amide bonds. The maximum absolute atomic E-state index is 12.1. The third-order valence-electron chi connectivity index (χ3n) is 3.85. The van der Waals surface area contributed by atoms with Gasteiger partial charge in [-0.15, -0.1) is 0 Å². The van der Waals surface area contributed by atoms with Crippen LogP contribution in [-0.2, 0) is 11.2 Å². The zero-order chi connectivity index (χ0) is 18.5. The van der Waals surface area contributed by atoms with E-state index < -0.39 is 16.4 Å². The number of hydrazone groups is 1. The molecule has 0 spiro atoms. The Hall–Kier alpha value is -3.74. The number of nitrogens with one attached hydrogen (secondary N) is 1. The van der Waals surface area contributed by atoms with Crippen LogP contribution in [0, 0.1) is 10.1 Å². The first kappa shape index (κ1) is 17.1. The largest absolute Gasteiger partial charge is 0.867 e. The number of nitro groups is 1. The van der Waals surface area contributed by atoms with Crippen LogP contribution in [0.2, 0.25) is 0 Å². The van der Waals surface area contributed by atoms with Gasteiger partial charge in [0, 0.05) is 6.07 Å². The van der Waals surface area contributed by atoms with E-state index in [0.717, 1.165) is 28.6 Å². The lowest BCUT2D eigenvalue weighted by molar-refractivity contribution is -0.398. The molecule has 26 heavy (non-hydrogen) atoms. The minimum absolute atomic E-state index is 0.0321. The summed E-state index contributed by atoms with van der Waals surface area (Å²) in [5.41, 5.74) is 2.70. The van der Waals surface area contributed by atoms with Gasteiger partial charge in [0.15, 0.2) is 0 Å². The van der Waals surface area contributed by atoms with Gasteiger partial charge in [0.1, 0.15) is 0 Å². The molecule has 130 valence electrons. The average Bonchev–Trinajstić information content (AvgIpc) is 2.63. The Kier molecular flexibility index (Phi) is 4.89. The highest BCUT2D eigenvalue weighted by Crippen LogP contribution is 2.25. The maximum Gasteiger partial charge on any atom is 0.262 e. The normalized spacial score (nSPS) is 10.9. The molecule has 0 aliphatic heterocycles. The van der Waals surface area contributed by atoms with Gasteiger partial charge in [-0.2, -0.15) is 5.10 Å². The Labute approximate surface area is 148 Å². The van der Waals surface area contributed by atoms with Crippen LogP contribution in [0.25, 0.3) is 10.8 Å². The summed E-state index contributed by atoms with van der Waals surface area (Å²) in [6.07, 6.45) is 1.23. The Morgan fingerprint density at radius 2 is 1.81 bits per heavy atom. The Morgan fingerprint density at radius 3 is 2.62 bits per heavy atom. The fraction of sp³-hybridized carbons (Fsp3) is 0.0526. The molecule has 3 rings (SSSR count). The highest BCUT2D eigenvalue weighted by molar-refractivity contribution is 5.91. The van der Waals surface area contributed by atoms with Crippen molar-refractivity contribution in [2.24, 2.45) is 5.10 Å². The number of nitrogens with zero attached hydrogens (tertiary/aromatic N) is 2. The Morgan fingerprint density at radius 1 is 1.08 bits per heavy atom. The van der Waals surface area contributed by atoms with Gasteiger partial charge in [-0.25, -0.2) is 5.43 Å². The number of fused-ring (bicyclic) bond motifs is 1. The van der Waals surface area contributed by atoms with Crippen LogP contribution in [0.3, 0.4) is 0 Å². The Bertz CT molecular complexity index is 1010. The summed E-state index contributed by atoms with van der Waals surface area (Å²) in [5.74, 6) is -1.10. The van der Waals surface area contributed by atoms with E-state index in [1.165, 1.54) is 12.1 Å². The van der Waals surface area contributed by atoms with Crippen LogP contribution in [0.1, 0.15) is 11.1 Å². The minimum atomic E-state index is -0.751. The van der Waals surface area contributed by atoms with E-state index in [2.05, 4.69) is 10.5 Å². The maximum atomic E-state index is 12.1. The third kappa shape index (κ3) is 3.67. The number of carbonyl (C=O) groups is 1. The Balaban J connectivity index is 1.70. The van der Waals surface area contributed by atoms with Crippen molar-refractivity contribution in [1.82, 2.24) is 5.43 Å². The quantitative estimate of drug-likeness (QED) is 0.434. The van der Waals surface area contributed by atoms with E-state index >= 15 is 0 Å². The lowest BCUT2D eigenvalue weighted by Crippen LogP contribution is -2.20. The van der Waals surface area contributed by atoms with E-state index in [-0.39, 0.29) is 17.9 Å². The summed E-state index contributed by atoms with van der Waals surface area (Å²) >= 11 is 0. The van der Waals surface area contributed by atoms with E-state index in [4.69, 9.17) is 0 Å². The van der Waals surface area contributed by atoms with Gasteiger partial charge in [-0.3, -0.25) is 14.9 Å². The molecule has 0 saturated carbocycles. The third-order valence-corrected chi connectivity index (χ3v) is 3.85. The van der Waals surface area contributed by atoms with Gasteiger partial charge in [-0.05, 0) is 27.6 Å². The van der Waals surface area contributed by atoms with Gasteiger partial charge in [-0.1, -0.05) is 54.6 Å². The van der Waals surface area contributed by atoms with Crippen molar-refractivity contribution < 1.29 is 14.8 Å². The van der Waals surface area contributed by atoms with E-state index in [1.54, 1.807) is 0 Å². The number of para-hydroxylation sites is 1. The first-order chi connectivity index (χ1) is 12.6. The van der Waals surface area contributed by atoms with Gasteiger partial charge in [0.25, 0.3) is 5.69 Å². The fourth-order valence-corrected chi connectivity index (χ4v) is 2.62. The molecule has 0 radical (unpaired) electrons. The monoisotopic (exact) mass is 348 g/mol. The van der Waals surface area contributed by atoms with Gasteiger partial charge in [0.2, 0.25) is 5.91 Å². The zero-order valence-corrected chi connectivity index (χ0v) is 13.6. The molecular formula is C19H14N3O4-. The van der Waals surface area contributed by atoms with Crippen LogP contribution in [0.4, 0.5) is 5.69 Å². The molecule has 0 aromatic heterocycles. The van der Waals surface area contributed by atoms with Crippen LogP contribution >= 0.6 is 0 Å². The van der Waals surface area contributed by atoms with Crippen molar-refractivity contribution in [3.8, 4) is 5.75 Å². The molecule has 0 atom stereocenters. The smallest absolute Gasteiger partial charge is 0.262 e. The first-order valence-corrected chi connectivity index (χ1v) is 7.79. The topological polar surface area (TPSA) is 108 Å². The summed E-state index contributed by atoms with van der Waals surface area (Å²) in [6, 6.07) is 17.3. The number of amides is 1. The first-order valence-electron chi connectivity index (χ1n) is 7.79. The van der Waals surface area contributed by atoms with Crippen molar-refractivity contribution >= 4 is 28.6 Å². The molecule has 0 aliphatic rings. The molecule has 3 aromatic carbocycles. The van der Waals surface area contributed by atoms with Crippen molar-refractivity contribution in [1.29, 1.82) is 0 Å². The second kappa shape index (κ2) is 7.43. The predicted octanol–water partition coefficient (Wildman–Crippen LogP) is 2.51. The standard InChI is InChI=1S/C19H15N3O4/c23-18(11-14-7-3-6-13-5-1-2-9-16(13)14)21-20-12-15-8-4-10-17(19(15)24)22(25)26/h1-10,12,24H,11H2,(H,21,23)/p-1/b20-12-. The molecule has 0 bridgehead atoms. The van der Waals surface area contributed by atoms with Crippen molar-refractivity contribution in [2.45, 2.75) is 6.42 Å². The van der Waals surface area contributed by atoms with Crippen LogP contribution < -0.4 is 10.5 Å². The molecule has 7 heteroatoms. The number of rotatable bonds is 5. The van der Waals surface area contributed by atoms with Crippen LogP contribution in [0.5, 0.6) is 5.75 Å². The molecule has 7 nitrogen and oxygen atoms in total. The van der Waals surface area contributed by atoms with Crippen molar-refractivity contribution in [2.75, 3.05) is 0 Å². The second-order valence-corrected chi connectivity index (χ2v) is 5.56. The molecule has 0 unspecified atom stereocenters. The molecule has 0 aliphatic carbocycles. The lowest BCUT2D eigenvalue weighted by atomic mass is 10.0. The molecule has 0 saturated heterocycles. The van der Waals surface area contributed by atoms with Crippen LogP contribution in [0.15, 0.2) is 65.8 Å². The van der Waals surface area contributed by atoms with E-state index in [0.29, 0.717) is 0 Å². The summed E-state index contributed by atoms with van der Waals surface area (Å²) in [5, 5.41) is 28.4. The molecular weight excluding hydrogens is 334 g/mol. The van der Waals surface area contributed by atoms with Crippen LogP contribution in [-0.4, -0.2) is 17.0 Å². The lowest BCUT2D eigenvalue weighted by Gasteiger charge is -2.09. The molecule has 1 N–H and O–H groups in total. The molecule has 0 heterocycles. The number of carbonyl (C=O) groups excluding carboxylic acids is 1. The second-order valence-electron chi connectivity index (χ2n) is 5.56. The van der Waals surface area contributed by atoms with Crippen molar-refractivity contribution in [3.05, 3.63) is 81.9 Å². The zero-order valence-electron chi connectivity index (χ0n) is 13.6. The van der Waals surface area contributed by atoms with E-state index in [9.17, 15) is 20.0 Å². The van der Waals surface area contributed by atoms with Crippen molar-refractivity contribution in [3.63, 3.8) is 0 Å². The average molecular weight is 348 g/mol. The molecule has 0 fully saturated rings. The highest BCUT2D eigenvalue weighted by Gasteiger charge is 2.09. The molecule has 3 aromatic rings. The van der Waals surface area contributed by atoms with Gasteiger partial charge in [0.05, 0.1) is 17.6 Å². The number of hydrogen-bond acceptors (Lipinski definition) is 5. The summed E-state index contributed by atoms with van der Waals surface area (Å²) in [7, 11) is 0. The van der Waals surface area contributed by atoms with E-state index in [1.807, 2.05) is 42.5 Å².